The molecule has 1 aliphatic carbocycles. The Hall–Kier alpha value is -1.06. The zero-order valence-electron chi connectivity index (χ0n) is 13.4. The van der Waals surface area contributed by atoms with Crippen LogP contribution in [0.1, 0.15) is 58.1 Å². The summed E-state index contributed by atoms with van der Waals surface area (Å²) in [6.07, 6.45) is 4.58. The number of para-hydroxylation sites is 1. The third-order valence-corrected chi connectivity index (χ3v) is 5.41. The van der Waals surface area contributed by atoms with Crippen LogP contribution in [0.2, 0.25) is 0 Å². The van der Waals surface area contributed by atoms with Gasteiger partial charge in [-0.05, 0) is 38.2 Å². The minimum absolute atomic E-state index is 0.0374. The van der Waals surface area contributed by atoms with E-state index in [1.165, 1.54) is 12.0 Å². The van der Waals surface area contributed by atoms with E-state index in [1.807, 2.05) is 13.0 Å². The van der Waals surface area contributed by atoms with E-state index in [-0.39, 0.29) is 17.6 Å². The van der Waals surface area contributed by atoms with Crippen LogP contribution in [0, 0.1) is 5.92 Å². The first-order chi connectivity index (χ1) is 9.92. The molecule has 2 atom stereocenters. The summed E-state index contributed by atoms with van der Waals surface area (Å²) in [6.45, 7) is 6.65. The number of nitrogens with one attached hydrogen (secondary N) is 1. The lowest BCUT2D eigenvalue weighted by Crippen LogP contribution is -2.51. The molecule has 0 radical (unpaired) electrons. The average molecular weight is 289 g/mol. The molecule has 2 N–H and O–H groups in total. The lowest BCUT2D eigenvalue weighted by molar-refractivity contribution is -0.0426. The van der Waals surface area contributed by atoms with Crippen molar-refractivity contribution in [1.29, 1.82) is 0 Å². The molecule has 0 bridgehead atoms. The highest BCUT2D eigenvalue weighted by Crippen LogP contribution is 2.48. The van der Waals surface area contributed by atoms with Crippen LogP contribution in [0.3, 0.4) is 0 Å². The van der Waals surface area contributed by atoms with Crippen LogP contribution in [-0.2, 0) is 0 Å². The first-order valence-corrected chi connectivity index (χ1v) is 8.16. The van der Waals surface area contributed by atoms with Crippen LogP contribution in [0.5, 0.6) is 5.75 Å². The van der Waals surface area contributed by atoms with Crippen molar-refractivity contribution in [2.75, 3.05) is 6.54 Å². The van der Waals surface area contributed by atoms with Crippen LogP contribution < -0.4 is 10.1 Å². The van der Waals surface area contributed by atoms with Crippen molar-refractivity contribution < 1.29 is 9.84 Å². The Morgan fingerprint density at radius 1 is 1.38 bits per heavy atom. The van der Waals surface area contributed by atoms with Gasteiger partial charge in [-0.3, -0.25) is 0 Å². The number of fused-ring (bicyclic) bond motifs is 1. The van der Waals surface area contributed by atoms with E-state index in [1.54, 1.807) is 0 Å². The highest BCUT2D eigenvalue weighted by Gasteiger charge is 2.45. The fraction of sp³-hybridized carbons (Fsp3) is 0.667. The van der Waals surface area contributed by atoms with Gasteiger partial charge in [0.1, 0.15) is 11.4 Å². The molecule has 0 saturated heterocycles. The fourth-order valence-corrected chi connectivity index (χ4v) is 3.21. The summed E-state index contributed by atoms with van der Waals surface area (Å²) in [6, 6.07) is 8.60. The van der Waals surface area contributed by atoms with Crippen molar-refractivity contribution in [1.82, 2.24) is 5.32 Å². The van der Waals surface area contributed by atoms with Gasteiger partial charge in [0.25, 0.3) is 0 Å². The van der Waals surface area contributed by atoms with E-state index in [4.69, 9.17) is 4.74 Å². The maximum atomic E-state index is 10.5. The van der Waals surface area contributed by atoms with Gasteiger partial charge < -0.3 is 15.2 Å². The zero-order chi connectivity index (χ0) is 15.1. The van der Waals surface area contributed by atoms with Gasteiger partial charge in [-0.2, -0.15) is 0 Å². The highest BCUT2D eigenvalue weighted by molar-refractivity contribution is 5.39. The summed E-state index contributed by atoms with van der Waals surface area (Å²) in [5.41, 5.74) is 0.588. The molecule has 21 heavy (non-hydrogen) atoms. The molecule has 116 valence electrons. The summed E-state index contributed by atoms with van der Waals surface area (Å²) < 4.78 is 6.26. The quantitative estimate of drug-likeness (QED) is 0.892. The molecule has 1 heterocycles. The molecular formula is C18H27NO2. The van der Waals surface area contributed by atoms with Crippen LogP contribution in [-0.4, -0.2) is 22.9 Å². The summed E-state index contributed by atoms with van der Waals surface area (Å²) in [5.74, 6) is 1.25. The topological polar surface area (TPSA) is 41.5 Å². The Morgan fingerprint density at radius 2 is 2.10 bits per heavy atom. The van der Waals surface area contributed by atoms with Crippen LogP contribution >= 0.6 is 0 Å². The second-order valence-corrected chi connectivity index (χ2v) is 7.33. The van der Waals surface area contributed by atoms with Gasteiger partial charge in [0.15, 0.2) is 0 Å². The number of hydrogen-bond donors (Lipinski definition) is 2. The first kappa shape index (κ1) is 14.9. The highest BCUT2D eigenvalue weighted by atomic mass is 16.5. The third-order valence-electron chi connectivity index (χ3n) is 5.41. The summed E-state index contributed by atoms with van der Waals surface area (Å²) in [4.78, 5) is 0. The molecule has 3 heteroatoms. The molecule has 1 aliphatic heterocycles. The van der Waals surface area contributed by atoms with Gasteiger partial charge in [0.2, 0.25) is 0 Å². The number of ether oxygens (including phenoxy) is 1. The average Bonchev–Trinajstić information content (AvgIpc) is 2.42. The Bertz CT molecular complexity index is 506. The predicted molar refractivity (Wildman–Crippen MR) is 84.5 cm³/mol. The minimum Gasteiger partial charge on any atom is -0.487 e. The SMILES string of the molecule is CC(C)C(C)(O)CNC1CC2(CCC2)Oc2ccccc21. The van der Waals surface area contributed by atoms with Crippen molar-refractivity contribution >= 4 is 0 Å². The molecule has 0 amide bonds. The van der Waals surface area contributed by atoms with Gasteiger partial charge in [0.05, 0.1) is 5.60 Å². The summed E-state index contributed by atoms with van der Waals surface area (Å²) in [7, 11) is 0. The summed E-state index contributed by atoms with van der Waals surface area (Å²) >= 11 is 0. The van der Waals surface area contributed by atoms with Gasteiger partial charge >= 0.3 is 0 Å². The molecule has 1 spiro atoms. The lowest BCUT2D eigenvalue weighted by Gasteiger charge is -2.48. The summed E-state index contributed by atoms with van der Waals surface area (Å²) in [5, 5.41) is 14.1. The van der Waals surface area contributed by atoms with Crippen LogP contribution in [0.15, 0.2) is 24.3 Å². The van der Waals surface area contributed by atoms with Crippen LogP contribution in [0.4, 0.5) is 0 Å². The molecule has 3 rings (SSSR count). The predicted octanol–water partition coefficient (Wildman–Crippen LogP) is 3.43. The van der Waals surface area contributed by atoms with Crippen LogP contribution in [0.25, 0.3) is 0 Å². The smallest absolute Gasteiger partial charge is 0.124 e. The Kier molecular flexibility index (Phi) is 3.74. The van der Waals surface area contributed by atoms with E-state index >= 15 is 0 Å². The normalized spacial score (nSPS) is 25.9. The van der Waals surface area contributed by atoms with E-state index in [0.29, 0.717) is 6.54 Å². The van der Waals surface area contributed by atoms with Crippen molar-refractivity contribution in [2.24, 2.45) is 5.92 Å². The van der Waals surface area contributed by atoms with Crippen molar-refractivity contribution in [3.05, 3.63) is 29.8 Å². The zero-order valence-corrected chi connectivity index (χ0v) is 13.4. The van der Waals surface area contributed by atoms with Crippen molar-refractivity contribution in [3.8, 4) is 5.75 Å². The second kappa shape index (κ2) is 5.29. The van der Waals surface area contributed by atoms with E-state index in [2.05, 4.69) is 37.4 Å². The Balaban J connectivity index is 1.77. The monoisotopic (exact) mass is 289 g/mol. The number of aliphatic hydroxyl groups is 1. The third kappa shape index (κ3) is 2.82. The molecule has 2 aliphatic rings. The first-order valence-electron chi connectivity index (χ1n) is 8.16. The van der Waals surface area contributed by atoms with E-state index in [0.717, 1.165) is 25.0 Å². The number of hydrogen-bond acceptors (Lipinski definition) is 3. The molecular weight excluding hydrogens is 262 g/mol. The molecule has 1 saturated carbocycles. The molecule has 3 nitrogen and oxygen atoms in total. The Morgan fingerprint density at radius 3 is 2.71 bits per heavy atom. The molecule has 1 aromatic carbocycles. The maximum Gasteiger partial charge on any atom is 0.124 e. The van der Waals surface area contributed by atoms with Gasteiger partial charge in [-0.15, -0.1) is 0 Å². The van der Waals surface area contributed by atoms with Crippen molar-refractivity contribution in [2.45, 2.75) is 63.7 Å². The molecule has 2 unspecified atom stereocenters. The number of rotatable bonds is 4. The molecule has 1 aromatic rings. The minimum atomic E-state index is -0.681. The van der Waals surface area contributed by atoms with E-state index < -0.39 is 5.60 Å². The fourth-order valence-electron chi connectivity index (χ4n) is 3.21. The standard InChI is InChI=1S/C18H27NO2/c1-13(2)17(3,20)12-19-15-11-18(9-6-10-18)21-16-8-5-4-7-14(15)16/h4-5,7-8,13,15,19-20H,6,9-12H2,1-3H3. The van der Waals surface area contributed by atoms with Crippen molar-refractivity contribution in [3.63, 3.8) is 0 Å². The largest absolute Gasteiger partial charge is 0.487 e. The lowest BCUT2D eigenvalue weighted by atomic mass is 9.73. The number of benzene rings is 1. The van der Waals surface area contributed by atoms with E-state index in [9.17, 15) is 5.11 Å². The van der Waals surface area contributed by atoms with Gasteiger partial charge in [-0.25, -0.2) is 0 Å². The molecule has 1 fully saturated rings. The van der Waals surface area contributed by atoms with Gasteiger partial charge in [0, 0.05) is 24.6 Å². The maximum absolute atomic E-state index is 10.5. The molecule has 0 aromatic heterocycles. The second-order valence-electron chi connectivity index (χ2n) is 7.33. The van der Waals surface area contributed by atoms with Gasteiger partial charge in [-0.1, -0.05) is 32.0 Å². The Labute approximate surface area is 127 Å².